The van der Waals surface area contributed by atoms with Gasteiger partial charge in [-0.2, -0.15) is 0 Å². The third-order valence-corrected chi connectivity index (χ3v) is 4.41. The van der Waals surface area contributed by atoms with Gasteiger partial charge in [-0.1, -0.05) is 0 Å². The van der Waals surface area contributed by atoms with E-state index in [1.54, 1.807) is 18.4 Å². The number of aromatic nitrogens is 1. The molecule has 0 amide bonds. The molecule has 0 atom stereocenters. The maximum atomic E-state index is 8.93. The predicted octanol–water partition coefficient (Wildman–Crippen LogP) is 3.12. The molecule has 17 heavy (non-hydrogen) atoms. The van der Waals surface area contributed by atoms with Crippen LogP contribution < -0.4 is 4.74 Å². The summed E-state index contributed by atoms with van der Waals surface area (Å²) in [5, 5.41) is 9.88. The average molecular weight is 314 g/mol. The normalized spacial score (nSPS) is 10.5. The highest BCUT2D eigenvalue weighted by molar-refractivity contribution is 9.10. The van der Waals surface area contributed by atoms with Crippen molar-refractivity contribution in [2.75, 3.05) is 13.7 Å². The summed E-state index contributed by atoms with van der Waals surface area (Å²) in [5.74, 6) is 0.833. The van der Waals surface area contributed by atoms with Crippen LogP contribution in [-0.2, 0) is 6.42 Å². The van der Waals surface area contributed by atoms with E-state index in [-0.39, 0.29) is 6.61 Å². The lowest BCUT2D eigenvalue weighted by Crippen LogP contribution is -1.86. The first-order chi connectivity index (χ1) is 8.24. The topological polar surface area (TPSA) is 42.4 Å². The fraction of sp³-hybridized carbons (Fsp3) is 0.250. The van der Waals surface area contributed by atoms with Crippen LogP contribution in [0.2, 0.25) is 0 Å². The van der Waals surface area contributed by atoms with Crippen LogP contribution in [0.1, 0.15) is 4.88 Å². The second-order valence-electron chi connectivity index (χ2n) is 3.44. The molecular weight excluding hydrogens is 302 g/mol. The average Bonchev–Trinajstić information content (AvgIpc) is 2.72. The molecule has 0 aliphatic rings. The minimum Gasteiger partial charge on any atom is -0.497 e. The minimum atomic E-state index is 0.142. The number of halogens is 1. The summed E-state index contributed by atoms with van der Waals surface area (Å²) in [5.41, 5.74) is 1.06. The van der Waals surface area contributed by atoms with Crippen molar-refractivity contribution in [2.24, 2.45) is 0 Å². The van der Waals surface area contributed by atoms with Crippen molar-refractivity contribution in [3.8, 4) is 16.3 Å². The Bertz CT molecular complexity index is 496. The summed E-state index contributed by atoms with van der Waals surface area (Å²) in [7, 11) is 1.65. The van der Waals surface area contributed by atoms with Crippen LogP contribution in [0.4, 0.5) is 0 Å². The molecule has 0 unspecified atom stereocenters. The Hall–Kier alpha value is -0.910. The molecule has 1 aromatic carbocycles. The van der Waals surface area contributed by atoms with Crippen molar-refractivity contribution in [1.29, 1.82) is 0 Å². The van der Waals surface area contributed by atoms with Gasteiger partial charge in [-0.3, -0.25) is 0 Å². The summed E-state index contributed by atoms with van der Waals surface area (Å²) in [6.45, 7) is 0.142. The Balaban J connectivity index is 2.29. The summed E-state index contributed by atoms with van der Waals surface area (Å²) < 4.78 is 5.93. The zero-order chi connectivity index (χ0) is 12.3. The van der Waals surface area contributed by atoms with Crippen LogP contribution in [0.25, 0.3) is 10.6 Å². The standard InChI is InChI=1S/C12H12BrNO2S/c1-16-9-4-2-8(3-5-9)12-14-11(13)10(17-12)6-7-15/h2-5,15H,6-7H2,1H3. The SMILES string of the molecule is COc1ccc(-c2nc(Br)c(CCO)s2)cc1. The number of nitrogens with zero attached hydrogens (tertiary/aromatic N) is 1. The lowest BCUT2D eigenvalue weighted by atomic mass is 10.2. The van der Waals surface area contributed by atoms with E-state index in [1.807, 2.05) is 24.3 Å². The van der Waals surface area contributed by atoms with Crippen molar-refractivity contribution in [3.63, 3.8) is 0 Å². The first-order valence-electron chi connectivity index (χ1n) is 5.15. The molecule has 1 heterocycles. The second kappa shape index (κ2) is 5.62. The molecule has 1 N–H and O–H groups in total. The fourth-order valence-electron chi connectivity index (χ4n) is 1.45. The highest BCUT2D eigenvalue weighted by Gasteiger charge is 2.10. The lowest BCUT2D eigenvalue weighted by Gasteiger charge is -1.99. The molecule has 90 valence electrons. The van der Waals surface area contributed by atoms with Gasteiger partial charge in [-0.15, -0.1) is 11.3 Å². The van der Waals surface area contributed by atoms with Gasteiger partial charge >= 0.3 is 0 Å². The molecule has 1 aromatic heterocycles. The molecule has 5 heteroatoms. The third kappa shape index (κ3) is 2.86. The van der Waals surface area contributed by atoms with Crippen molar-refractivity contribution < 1.29 is 9.84 Å². The van der Waals surface area contributed by atoms with Gasteiger partial charge in [-0.05, 0) is 40.2 Å². The second-order valence-corrected chi connectivity index (χ2v) is 5.27. The lowest BCUT2D eigenvalue weighted by molar-refractivity contribution is 0.300. The number of aliphatic hydroxyl groups is 1. The van der Waals surface area contributed by atoms with E-state index in [0.717, 1.165) is 25.8 Å². The molecular formula is C12H12BrNO2S. The number of benzene rings is 1. The van der Waals surface area contributed by atoms with Gasteiger partial charge in [-0.25, -0.2) is 4.98 Å². The van der Waals surface area contributed by atoms with Gasteiger partial charge in [0.2, 0.25) is 0 Å². The van der Waals surface area contributed by atoms with Crippen LogP contribution in [0.3, 0.4) is 0 Å². The van der Waals surface area contributed by atoms with E-state index < -0.39 is 0 Å². The largest absolute Gasteiger partial charge is 0.497 e. The predicted molar refractivity (Wildman–Crippen MR) is 72.6 cm³/mol. The number of aliphatic hydroxyl groups excluding tert-OH is 1. The van der Waals surface area contributed by atoms with Crippen molar-refractivity contribution >= 4 is 27.3 Å². The Kier molecular flexibility index (Phi) is 4.15. The summed E-state index contributed by atoms with van der Waals surface area (Å²) >= 11 is 5.00. The quantitative estimate of drug-likeness (QED) is 0.943. The number of ether oxygens (including phenoxy) is 1. The molecule has 0 bridgehead atoms. The molecule has 0 aliphatic carbocycles. The van der Waals surface area contributed by atoms with Gasteiger partial charge in [0.25, 0.3) is 0 Å². The van der Waals surface area contributed by atoms with Gasteiger partial charge < -0.3 is 9.84 Å². The zero-order valence-electron chi connectivity index (χ0n) is 9.31. The van der Waals surface area contributed by atoms with Crippen LogP contribution in [0, 0.1) is 0 Å². The monoisotopic (exact) mass is 313 g/mol. The van der Waals surface area contributed by atoms with E-state index in [9.17, 15) is 0 Å². The van der Waals surface area contributed by atoms with Crippen molar-refractivity contribution in [2.45, 2.75) is 6.42 Å². The molecule has 0 saturated heterocycles. The number of thiazole rings is 1. The maximum absolute atomic E-state index is 8.93. The van der Waals surface area contributed by atoms with Gasteiger partial charge in [0, 0.05) is 23.5 Å². The van der Waals surface area contributed by atoms with Gasteiger partial charge in [0.05, 0.1) is 7.11 Å². The highest BCUT2D eigenvalue weighted by Crippen LogP contribution is 2.32. The van der Waals surface area contributed by atoms with E-state index in [0.29, 0.717) is 6.42 Å². The van der Waals surface area contributed by atoms with Gasteiger partial charge in [0.1, 0.15) is 15.4 Å². The molecule has 0 aliphatic heterocycles. The van der Waals surface area contributed by atoms with Crippen molar-refractivity contribution in [1.82, 2.24) is 4.98 Å². The number of hydrogen-bond acceptors (Lipinski definition) is 4. The van der Waals surface area contributed by atoms with Crippen LogP contribution >= 0.6 is 27.3 Å². The van der Waals surface area contributed by atoms with Gasteiger partial charge in [0.15, 0.2) is 0 Å². The summed E-state index contributed by atoms with van der Waals surface area (Å²) in [4.78, 5) is 5.51. The zero-order valence-corrected chi connectivity index (χ0v) is 11.7. The van der Waals surface area contributed by atoms with E-state index >= 15 is 0 Å². The van der Waals surface area contributed by atoms with Crippen LogP contribution in [0.15, 0.2) is 28.9 Å². The Labute approximate surface area is 112 Å². The molecule has 0 fully saturated rings. The molecule has 0 saturated carbocycles. The summed E-state index contributed by atoms with van der Waals surface area (Å²) in [6.07, 6.45) is 0.633. The number of hydrogen-bond donors (Lipinski definition) is 1. The number of methoxy groups -OCH3 is 1. The fourth-order valence-corrected chi connectivity index (χ4v) is 3.13. The summed E-state index contributed by atoms with van der Waals surface area (Å²) in [6, 6.07) is 7.78. The molecule has 2 aromatic rings. The van der Waals surface area contributed by atoms with Crippen LogP contribution in [0.5, 0.6) is 5.75 Å². The Morgan fingerprint density at radius 1 is 1.35 bits per heavy atom. The van der Waals surface area contributed by atoms with Crippen molar-refractivity contribution in [3.05, 3.63) is 33.7 Å². The first kappa shape index (κ1) is 12.5. The molecule has 0 radical (unpaired) electrons. The third-order valence-electron chi connectivity index (χ3n) is 2.33. The Morgan fingerprint density at radius 2 is 2.06 bits per heavy atom. The van der Waals surface area contributed by atoms with Crippen LogP contribution in [-0.4, -0.2) is 23.8 Å². The number of rotatable bonds is 4. The smallest absolute Gasteiger partial charge is 0.124 e. The molecule has 3 nitrogen and oxygen atoms in total. The highest BCUT2D eigenvalue weighted by atomic mass is 79.9. The Morgan fingerprint density at radius 3 is 2.65 bits per heavy atom. The van der Waals surface area contributed by atoms with E-state index in [1.165, 1.54) is 0 Å². The molecule has 2 rings (SSSR count). The first-order valence-corrected chi connectivity index (χ1v) is 6.76. The minimum absolute atomic E-state index is 0.142. The van der Waals surface area contributed by atoms with E-state index in [2.05, 4.69) is 20.9 Å². The maximum Gasteiger partial charge on any atom is 0.124 e. The van der Waals surface area contributed by atoms with E-state index in [4.69, 9.17) is 9.84 Å². The molecule has 0 spiro atoms.